The standard InChI is InChI=1S/C24H32N2O4/c1-6-11-26-16(2)12-17-9-7-8-10-19(17)20(26)15-25-24(27)18-13-21(28-3)23(30-5)22(14-18)29-4/h7-10,13-14,16,20H,6,11-12,15H2,1-5H3,(H,25,27). The lowest BCUT2D eigenvalue weighted by molar-refractivity contribution is 0.0896. The Morgan fingerprint density at radius 1 is 1.10 bits per heavy atom. The van der Waals surface area contributed by atoms with Crippen molar-refractivity contribution in [3.63, 3.8) is 0 Å². The van der Waals surface area contributed by atoms with E-state index in [9.17, 15) is 4.79 Å². The molecular weight excluding hydrogens is 380 g/mol. The minimum absolute atomic E-state index is 0.149. The number of nitrogens with one attached hydrogen (secondary N) is 1. The molecule has 1 amide bonds. The molecule has 0 aliphatic carbocycles. The van der Waals surface area contributed by atoms with E-state index in [1.807, 2.05) is 0 Å². The highest BCUT2D eigenvalue weighted by Crippen LogP contribution is 2.38. The minimum atomic E-state index is -0.165. The second-order valence-electron chi connectivity index (χ2n) is 7.63. The van der Waals surface area contributed by atoms with Crippen LogP contribution in [0.5, 0.6) is 17.2 Å². The number of rotatable bonds is 8. The summed E-state index contributed by atoms with van der Waals surface area (Å²) in [7, 11) is 4.63. The quantitative estimate of drug-likeness (QED) is 0.714. The van der Waals surface area contributed by atoms with Gasteiger partial charge in [0.05, 0.1) is 27.4 Å². The molecule has 0 radical (unpaired) electrons. The highest BCUT2D eigenvalue weighted by Gasteiger charge is 2.31. The van der Waals surface area contributed by atoms with E-state index in [0.717, 1.165) is 19.4 Å². The van der Waals surface area contributed by atoms with Gasteiger partial charge in [-0.2, -0.15) is 0 Å². The number of carbonyl (C=O) groups is 1. The van der Waals surface area contributed by atoms with Crippen LogP contribution in [-0.4, -0.2) is 51.3 Å². The zero-order valence-corrected chi connectivity index (χ0v) is 18.5. The molecule has 0 spiro atoms. The molecule has 1 aliphatic heterocycles. The largest absolute Gasteiger partial charge is 0.493 e. The van der Waals surface area contributed by atoms with Crippen LogP contribution in [0.4, 0.5) is 0 Å². The SMILES string of the molecule is CCCN1C(C)Cc2ccccc2C1CNC(=O)c1cc(OC)c(OC)c(OC)c1. The predicted molar refractivity (Wildman–Crippen MR) is 118 cm³/mol. The summed E-state index contributed by atoms with van der Waals surface area (Å²) < 4.78 is 16.1. The van der Waals surface area contributed by atoms with Gasteiger partial charge >= 0.3 is 0 Å². The van der Waals surface area contributed by atoms with E-state index in [0.29, 0.717) is 35.4 Å². The monoisotopic (exact) mass is 412 g/mol. The van der Waals surface area contributed by atoms with E-state index in [4.69, 9.17) is 14.2 Å². The first-order chi connectivity index (χ1) is 14.5. The van der Waals surface area contributed by atoms with Gasteiger partial charge < -0.3 is 19.5 Å². The van der Waals surface area contributed by atoms with Crippen LogP contribution in [0.3, 0.4) is 0 Å². The lowest BCUT2D eigenvalue weighted by Gasteiger charge is -2.42. The first-order valence-electron chi connectivity index (χ1n) is 10.5. The van der Waals surface area contributed by atoms with Crippen molar-refractivity contribution in [1.82, 2.24) is 10.2 Å². The van der Waals surface area contributed by atoms with Crippen LogP contribution in [-0.2, 0) is 6.42 Å². The molecule has 2 unspecified atom stereocenters. The zero-order chi connectivity index (χ0) is 21.7. The maximum atomic E-state index is 13.0. The summed E-state index contributed by atoms with van der Waals surface area (Å²) >= 11 is 0. The molecule has 6 heteroatoms. The molecule has 162 valence electrons. The second-order valence-corrected chi connectivity index (χ2v) is 7.63. The van der Waals surface area contributed by atoms with E-state index in [1.165, 1.54) is 11.1 Å². The minimum Gasteiger partial charge on any atom is -0.493 e. The third-order valence-corrected chi connectivity index (χ3v) is 5.76. The fourth-order valence-corrected chi connectivity index (χ4v) is 4.33. The normalized spacial score (nSPS) is 18.4. The number of methoxy groups -OCH3 is 3. The highest BCUT2D eigenvalue weighted by atomic mass is 16.5. The second kappa shape index (κ2) is 9.85. The number of hydrogen-bond acceptors (Lipinski definition) is 5. The molecule has 3 rings (SSSR count). The molecule has 2 aromatic rings. The number of nitrogens with zero attached hydrogens (tertiary/aromatic N) is 1. The highest BCUT2D eigenvalue weighted by molar-refractivity contribution is 5.95. The molecule has 0 bridgehead atoms. The van der Waals surface area contributed by atoms with E-state index in [-0.39, 0.29) is 11.9 Å². The van der Waals surface area contributed by atoms with Gasteiger partial charge in [0.2, 0.25) is 5.75 Å². The average molecular weight is 413 g/mol. The van der Waals surface area contributed by atoms with Crippen molar-refractivity contribution in [3.05, 3.63) is 53.1 Å². The average Bonchev–Trinajstić information content (AvgIpc) is 2.77. The summed E-state index contributed by atoms with van der Waals surface area (Å²) in [5.74, 6) is 1.24. The predicted octanol–water partition coefficient (Wildman–Crippen LogP) is 3.84. The van der Waals surface area contributed by atoms with Crippen LogP contribution in [0.25, 0.3) is 0 Å². The van der Waals surface area contributed by atoms with E-state index >= 15 is 0 Å². The summed E-state index contributed by atoms with van der Waals surface area (Å²) in [6, 6.07) is 12.5. The van der Waals surface area contributed by atoms with Crippen LogP contribution in [0, 0.1) is 0 Å². The molecule has 2 atom stereocenters. The summed E-state index contributed by atoms with van der Waals surface area (Å²) in [6.45, 7) is 6.00. The number of fused-ring (bicyclic) bond motifs is 1. The van der Waals surface area contributed by atoms with Gasteiger partial charge in [0.1, 0.15) is 0 Å². The van der Waals surface area contributed by atoms with Gasteiger partial charge in [-0.25, -0.2) is 0 Å². The number of benzene rings is 2. The Hall–Kier alpha value is -2.73. The fourth-order valence-electron chi connectivity index (χ4n) is 4.33. The van der Waals surface area contributed by atoms with E-state index in [2.05, 4.69) is 48.3 Å². The molecule has 0 saturated heterocycles. The van der Waals surface area contributed by atoms with Gasteiger partial charge in [0.25, 0.3) is 5.91 Å². The van der Waals surface area contributed by atoms with Crippen molar-refractivity contribution < 1.29 is 19.0 Å². The van der Waals surface area contributed by atoms with Crippen molar-refractivity contribution in [2.45, 2.75) is 38.8 Å². The Balaban J connectivity index is 1.84. The number of carbonyl (C=O) groups excluding carboxylic acids is 1. The topological polar surface area (TPSA) is 60.0 Å². The van der Waals surface area contributed by atoms with Crippen molar-refractivity contribution in [3.8, 4) is 17.2 Å². The summed E-state index contributed by atoms with van der Waals surface area (Å²) in [5, 5.41) is 3.13. The molecule has 0 fully saturated rings. The third-order valence-electron chi connectivity index (χ3n) is 5.76. The Bertz CT molecular complexity index is 858. The maximum Gasteiger partial charge on any atom is 0.251 e. The van der Waals surface area contributed by atoms with Crippen LogP contribution in [0.15, 0.2) is 36.4 Å². The number of hydrogen-bond donors (Lipinski definition) is 1. The van der Waals surface area contributed by atoms with Gasteiger partial charge in [-0.15, -0.1) is 0 Å². The van der Waals surface area contributed by atoms with Crippen molar-refractivity contribution >= 4 is 5.91 Å². The van der Waals surface area contributed by atoms with Gasteiger partial charge in [-0.3, -0.25) is 9.69 Å². The van der Waals surface area contributed by atoms with Crippen molar-refractivity contribution in [1.29, 1.82) is 0 Å². The van der Waals surface area contributed by atoms with Gasteiger partial charge in [0, 0.05) is 18.2 Å². The molecule has 0 aromatic heterocycles. The molecule has 1 heterocycles. The van der Waals surface area contributed by atoms with Gasteiger partial charge in [-0.05, 0) is 49.6 Å². The molecule has 2 aromatic carbocycles. The smallest absolute Gasteiger partial charge is 0.251 e. The molecule has 6 nitrogen and oxygen atoms in total. The fraction of sp³-hybridized carbons (Fsp3) is 0.458. The molecule has 30 heavy (non-hydrogen) atoms. The van der Waals surface area contributed by atoms with Gasteiger partial charge in [-0.1, -0.05) is 31.2 Å². The Morgan fingerprint density at radius 2 is 1.77 bits per heavy atom. The molecule has 1 N–H and O–H groups in total. The summed E-state index contributed by atoms with van der Waals surface area (Å²) in [5.41, 5.74) is 3.14. The van der Waals surface area contributed by atoms with Crippen molar-refractivity contribution in [2.24, 2.45) is 0 Å². The number of amides is 1. The van der Waals surface area contributed by atoms with Gasteiger partial charge in [0.15, 0.2) is 11.5 Å². The molecule has 1 aliphatic rings. The number of ether oxygens (including phenoxy) is 3. The Morgan fingerprint density at radius 3 is 2.37 bits per heavy atom. The van der Waals surface area contributed by atoms with Crippen LogP contribution in [0.2, 0.25) is 0 Å². The summed E-state index contributed by atoms with van der Waals surface area (Å²) in [6.07, 6.45) is 2.11. The maximum absolute atomic E-state index is 13.0. The zero-order valence-electron chi connectivity index (χ0n) is 18.5. The Kier molecular flexibility index (Phi) is 7.21. The van der Waals surface area contributed by atoms with Crippen LogP contribution >= 0.6 is 0 Å². The first kappa shape index (κ1) is 22.0. The summed E-state index contributed by atoms with van der Waals surface area (Å²) in [4.78, 5) is 15.5. The lowest BCUT2D eigenvalue weighted by atomic mass is 9.88. The Labute approximate surface area is 179 Å². The molecular formula is C24H32N2O4. The van der Waals surface area contributed by atoms with Crippen LogP contribution < -0.4 is 19.5 Å². The first-order valence-corrected chi connectivity index (χ1v) is 10.5. The van der Waals surface area contributed by atoms with Crippen LogP contribution in [0.1, 0.15) is 47.8 Å². The molecule has 0 saturated carbocycles. The third kappa shape index (κ3) is 4.38. The lowest BCUT2D eigenvalue weighted by Crippen LogP contribution is -2.47. The van der Waals surface area contributed by atoms with E-state index < -0.39 is 0 Å². The van der Waals surface area contributed by atoms with E-state index in [1.54, 1.807) is 33.5 Å². The van der Waals surface area contributed by atoms with Crippen molar-refractivity contribution in [2.75, 3.05) is 34.4 Å².